The monoisotopic (exact) mass is 347 g/mol. The Hall–Kier alpha value is -2.48. The van der Waals surface area contributed by atoms with Crippen LogP contribution >= 0.6 is 0 Å². The minimum absolute atomic E-state index is 0.00716. The van der Waals surface area contributed by atoms with Crippen LogP contribution in [0.15, 0.2) is 30.3 Å². The number of sulfone groups is 1. The first kappa shape index (κ1) is 16.4. The largest absolute Gasteiger partial charge is 0.273 e. The molecule has 1 aliphatic heterocycles. The van der Waals surface area contributed by atoms with Crippen LogP contribution in [-0.2, 0) is 14.6 Å². The number of rotatable bonds is 2. The van der Waals surface area contributed by atoms with Gasteiger partial charge in [-0.15, -0.1) is 0 Å². The average Bonchev–Trinajstić information content (AvgIpc) is 2.91. The standard InChI is InChI=1S/C16H17N3O4S/c1-10-8-13(12-4-2-3-5-14(12)17-10)16(21)19-18-15(20)11-6-7-24(22,23)9-11/h2-5,8,11H,6-7,9H2,1H3,(H,18,20)(H,19,21)/t11-/m1/s1. The second kappa shape index (κ2) is 6.20. The Balaban J connectivity index is 1.73. The minimum Gasteiger partial charge on any atom is -0.273 e. The van der Waals surface area contributed by atoms with Crippen molar-refractivity contribution in [2.24, 2.45) is 5.92 Å². The third-order valence-corrected chi connectivity index (χ3v) is 5.76. The molecule has 0 unspecified atom stereocenters. The Morgan fingerprint density at radius 2 is 1.96 bits per heavy atom. The molecule has 3 rings (SSSR count). The summed E-state index contributed by atoms with van der Waals surface area (Å²) in [5, 5.41) is 0.679. The molecular formula is C16H17N3O4S. The van der Waals surface area contributed by atoms with E-state index in [-0.39, 0.29) is 17.9 Å². The molecule has 0 bridgehead atoms. The highest BCUT2D eigenvalue weighted by atomic mass is 32.2. The second-order valence-corrected chi connectivity index (χ2v) is 8.10. The maximum absolute atomic E-state index is 12.4. The van der Waals surface area contributed by atoms with E-state index in [0.717, 1.165) is 0 Å². The van der Waals surface area contributed by atoms with Crippen molar-refractivity contribution in [3.05, 3.63) is 41.6 Å². The summed E-state index contributed by atoms with van der Waals surface area (Å²) in [4.78, 5) is 28.7. The summed E-state index contributed by atoms with van der Waals surface area (Å²) in [7, 11) is -3.15. The maximum atomic E-state index is 12.4. The van der Waals surface area contributed by atoms with Gasteiger partial charge in [-0.25, -0.2) is 8.42 Å². The van der Waals surface area contributed by atoms with Gasteiger partial charge in [0, 0.05) is 11.1 Å². The molecule has 1 saturated heterocycles. The Labute approximate surface area is 139 Å². The molecule has 0 radical (unpaired) electrons. The quantitative estimate of drug-likeness (QED) is 0.780. The van der Waals surface area contributed by atoms with E-state index < -0.39 is 27.6 Å². The van der Waals surface area contributed by atoms with Crippen molar-refractivity contribution in [3.8, 4) is 0 Å². The number of carbonyl (C=O) groups excluding carboxylic acids is 2. The SMILES string of the molecule is Cc1cc(C(=O)NNC(=O)[C@@H]2CCS(=O)(=O)C2)c2ccccc2n1. The van der Waals surface area contributed by atoms with Crippen LogP contribution in [0.2, 0.25) is 0 Å². The molecule has 8 heteroatoms. The predicted molar refractivity (Wildman–Crippen MR) is 88.8 cm³/mol. The molecule has 0 aliphatic carbocycles. The molecule has 2 heterocycles. The Bertz CT molecular complexity index is 924. The number of pyridine rings is 1. The lowest BCUT2D eigenvalue weighted by molar-refractivity contribution is -0.125. The Morgan fingerprint density at radius 1 is 1.21 bits per heavy atom. The number of nitrogens with zero attached hydrogens (tertiary/aromatic N) is 1. The molecule has 0 spiro atoms. The highest BCUT2D eigenvalue weighted by Crippen LogP contribution is 2.19. The van der Waals surface area contributed by atoms with E-state index in [1.54, 1.807) is 31.2 Å². The highest BCUT2D eigenvalue weighted by molar-refractivity contribution is 7.91. The molecule has 7 nitrogen and oxygen atoms in total. The summed E-state index contributed by atoms with van der Waals surface area (Å²) >= 11 is 0. The molecule has 126 valence electrons. The predicted octanol–water partition coefficient (Wildman–Crippen LogP) is 0.739. The van der Waals surface area contributed by atoms with Crippen LogP contribution in [0.3, 0.4) is 0 Å². The highest BCUT2D eigenvalue weighted by Gasteiger charge is 2.33. The molecule has 2 aromatic rings. The van der Waals surface area contributed by atoms with Crippen molar-refractivity contribution in [1.29, 1.82) is 0 Å². The van der Waals surface area contributed by atoms with Gasteiger partial charge in [-0.1, -0.05) is 18.2 Å². The molecule has 24 heavy (non-hydrogen) atoms. The van der Waals surface area contributed by atoms with Crippen LogP contribution in [-0.4, -0.2) is 36.7 Å². The summed E-state index contributed by atoms with van der Waals surface area (Å²) in [6.07, 6.45) is 0.279. The van der Waals surface area contributed by atoms with Crippen LogP contribution in [0.4, 0.5) is 0 Å². The number of hydrogen-bond acceptors (Lipinski definition) is 5. The average molecular weight is 347 g/mol. The Morgan fingerprint density at radius 3 is 2.67 bits per heavy atom. The number of nitrogens with one attached hydrogen (secondary N) is 2. The van der Waals surface area contributed by atoms with Gasteiger partial charge in [-0.2, -0.15) is 0 Å². The first-order valence-electron chi connectivity index (χ1n) is 7.53. The van der Waals surface area contributed by atoms with Crippen LogP contribution in [0, 0.1) is 12.8 Å². The van der Waals surface area contributed by atoms with E-state index in [2.05, 4.69) is 15.8 Å². The molecule has 0 saturated carbocycles. The zero-order valence-corrected chi connectivity index (χ0v) is 13.9. The minimum atomic E-state index is -3.15. The van der Waals surface area contributed by atoms with Gasteiger partial charge in [0.05, 0.1) is 28.5 Å². The van der Waals surface area contributed by atoms with Crippen molar-refractivity contribution in [3.63, 3.8) is 0 Å². The number of fused-ring (bicyclic) bond motifs is 1. The third-order valence-electron chi connectivity index (χ3n) is 3.99. The van der Waals surface area contributed by atoms with Crippen molar-refractivity contribution >= 4 is 32.6 Å². The lowest BCUT2D eigenvalue weighted by Crippen LogP contribution is -2.45. The van der Waals surface area contributed by atoms with E-state index in [0.29, 0.717) is 22.2 Å². The zero-order chi connectivity index (χ0) is 17.3. The first-order chi connectivity index (χ1) is 11.4. The summed E-state index contributed by atoms with van der Waals surface area (Å²) in [6, 6.07) is 8.86. The molecule has 2 amide bonds. The first-order valence-corrected chi connectivity index (χ1v) is 9.35. The second-order valence-electron chi connectivity index (χ2n) is 5.87. The Kier molecular flexibility index (Phi) is 4.23. The number of hydrazine groups is 1. The molecular weight excluding hydrogens is 330 g/mol. The number of carbonyl (C=O) groups is 2. The fraction of sp³-hybridized carbons (Fsp3) is 0.312. The van der Waals surface area contributed by atoms with Gasteiger partial charge in [0.2, 0.25) is 5.91 Å². The fourth-order valence-corrected chi connectivity index (χ4v) is 4.53. The van der Waals surface area contributed by atoms with Gasteiger partial charge in [0.1, 0.15) is 0 Å². The van der Waals surface area contributed by atoms with Gasteiger partial charge >= 0.3 is 0 Å². The molecule has 1 aliphatic rings. The number of aryl methyl sites for hydroxylation is 1. The normalized spacial score (nSPS) is 19.1. The number of hydrogen-bond donors (Lipinski definition) is 2. The van der Waals surface area contributed by atoms with Crippen molar-refractivity contribution in [2.45, 2.75) is 13.3 Å². The number of amides is 2. The molecule has 1 atom stereocenters. The summed E-state index contributed by atoms with van der Waals surface area (Å²) < 4.78 is 22.8. The molecule has 1 aromatic carbocycles. The smallest absolute Gasteiger partial charge is 0.270 e. The third kappa shape index (κ3) is 3.38. The van der Waals surface area contributed by atoms with Crippen LogP contribution in [0.25, 0.3) is 10.9 Å². The maximum Gasteiger partial charge on any atom is 0.270 e. The molecule has 1 fully saturated rings. The topological polar surface area (TPSA) is 105 Å². The van der Waals surface area contributed by atoms with Gasteiger partial charge in [-0.05, 0) is 25.5 Å². The molecule has 1 aromatic heterocycles. The number of benzene rings is 1. The van der Waals surface area contributed by atoms with E-state index in [9.17, 15) is 18.0 Å². The van der Waals surface area contributed by atoms with Crippen molar-refractivity contribution in [1.82, 2.24) is 15.8 Å². The van der Waals surface area contributed by atoms with Gasteiger partial charge in [-0.3, -0.25) is 25.4 Å². The van der Waals surface area contributed by atoms with E-state index in [1.807, 2.05) is 6.07 Å². The zero-order valence-electron chi connectivity index (χ0n) is 13.1. The van der Waals surface area contributed by atoms with Crippen LogP contribution < -0.4 is 10.9 Å². The summed E-state index contributed by atoms with van der Waals surface area (Å²) in [5.41, 5.74) is 6.46. The summed E-state index contributed by atoms with van der Waals surface area (Å²) in [5.74, 6) is -1.74. The number of para-hydroxylation sites is 1. The lowest BCUT2D eigenvalue weighted by atomic mass is 10.1. The van der Waals surface area contributed by atoms with E-state index in [4.69, 9.17) is 0 Å². The lowest BCUT2D eigenvalue weighted by Gasteiger charge is -2.12. The van der Waals surface area contributed by atoms with Gasteiger partial charge in [0.15, 0.2) is 9.84 Å². The van der Waals surface area contributed by atoms with Crippen LogP contribution in [0.1, 0.15) is 22.5 Å². The number of aromatic nitrogens is 1. The van der Waals surface area contributed by atoms with Gasteiger partial charge < -0.3 is 0 Å². The van der Waals surface area contributed by atoms with Crippen LogP contribution in [0.5, 0.6) is 0 Å². The fourth-order valence-electron chi connectivity index (χ4n) is 2.79. The molecule has 2 N–H and O–H groups in total. The van der Waals surface area contributed by atoms with E-state index in [1.165, 1.54) is 0 Å². The van der Waals surface area contributed by atoms with Crippen molar-refractivity contribution < 1.29 is 18.0 Å². The summed E-state index contributed by atoms with van der Waals surface area (Å²) in [6.45, 7) is 1.78. The van der Waals surface area contributed by atoms with Gasteiger partial charge in [0.25, 0.3) is 5.91 Å². The van der Waals surface area contributed by atoms with E-state index >= 15 is 0 Å². The van der Waals surface area contributed by atoms with Crippen molar-refractivity contribution in [2.75, 3.05) is 11.5 Å².